The van der Waals surface area contributed by atoms with Crippen molar-refractivity contribution in [1.82, 2.24) is 0 Å². The van der Waals surface area contributed by atoms with Crippen molar-refractivity contribution < 1.29 is 28.2 Å². The number of ether oxygens (including phenoxy) is 2. The van der Waals surface area contributed by atoms with Crippen LogP contribution in [0.3, 0.4) is 0 Å². The van der Waals surface area contributed by atoms with Crippen LogP contribution in [0.25, 0.3) is 11.1 Å². The first kappa shape index (κ1) is 21.6. The molecule has 3 aromatic rings. The topological polar surface area (TPSA) is 55.8 Å². The molecule has 1 saturated carbocycles. The summed E-state index contributed by atoms with van der Waals surface area (Å²) in [4.78, 5) is 13.4. The highest BCUT2D eigenvalue weighted by Crippen LogP contribution is 2.51. The Morgan fingerprint density at radius 3 is 2.33 bits per heavy atom. The van der Waals surface area contributed by atoms with Crippen molar-refractivity contribution in [2.45, 2.75) is 44.1 Å². The molecule has 1 aliphatic heterocycles. The van der Waals surface area contributed by atoms with Crippen LogP contribution in [0.2, 0.25) is 0 Å². The van der Waals surface area contributed by atoms with Crippen molar-refractivity contribution in [1.29, 1.82) is 0 Å². The van der Waals surface area contributed by atoms with E-state index in [1.165, 1.54) is 6.07 Å². The van der Waals surface area contributed by atoms with Gasteiger partial charge in [-0.25, -0.2) is 8.78 Å². The van der Waals surface area contributed by atoms with Gasteiger partial charge >= 0.3 is 0 Å². The van der Waals surface area contributed by atoms with Crippen LogP contribution in [0, 0.1) is 0 Å². The predicted octanol–water partition coefficient (Wildman–Crippen LogP) is 5.53. The lowest BCUT2D eigenvalue weighted by molar-refractivity contribution is -0.120. The van der Waals surface area contributed by atoms with E-state index >= 15 is 0 Å². The largest absolute Gasteiger partial charge is 0.454 e. The highest BCUT2D eigenvalue weighted by atomic mass is 19.3. The molecular formula is C27H24F2O4. The molecule has 0 spiro atoms. The van der Waals surface area contributed by atoms with Crippen molar-refractivity contribution in [2.24, 2.45) is 0 Å². The van der Waals surface area contributed by atoms with Crippen LogP contribution in [0.5, 0.6) is 11.5 Å². The Bertz CT molecular complexity index is 1210. The van der Waals surface area contributed by atoms with E-state index in [0.717, 1.165) is 25.3 Å². The third-order valence-corrected chi connectivity index (χ3v) is 6.58. The summed E-state index contributed by atoms with van der Waals surface area (Å²) in [5, 5.41) is 9.28. The Balaban J connectivity index is 1.45. The fraction of sp³-hybridized carbons (Fsp3) is 0.296. The van der Waals surface area contributed by atoms with Crippen LogP contribution in [0.4, 0.5) is 8.78 Å². The molecule has 6 heteroatoms. The summed E-state index contributed by atoms with van der Waals surface area (Å²) in [6.07, 6.45) is 1.67. The fourth-order valence-corrected chi connectivity index (χ4v) is 4.52. The van der Waals surface area contributed by atoms with E-state index < -0.39 is 11.3 Å². The van der Waals surface area contributed by atoms with Gasteiger partial charge in [-0.15, -0.1) is 0 Å². The molecule has 0 amide bonds. The highest BCUT2D eigenvalue weighted by molar-refractivity contribution is 5.95. The number of benzene rings is 3. The lowest BCUT2D eigenvalue weighted by Crippen LogP contribution is -2.22. The summed E-state index contributed by atoms with van der Waals surface area (Å²) in [6, 6.07) is 17.2. The summed E-state index contributed by atoms with van der Waals surface area (Å²) in [5.74, 6) is -1.64. The summed E-state index contributed by atoms with van der Waals surface area (Å²) in [7, 11) is 0. The second-order valence-corrected chi connectivity index (χ2v) is 8.87. The Labute approximate surface area is 190 Å². The third kappa shape index (κ3) is 4.00. The zero-order valence-corrected chi connectivity index (χ0v) is 18.2. The monoisotopic (exact) mass is 450 g/mol. The number of Topliss-reactive ketones (excluding diaryl/α,β-unsaturated/α-hetero) is 1. The van der Waals surface area contributed by atoms with Gasteiger partial charge in [0.15, 0.2) is 11.5 Å². The average Bonchev–Trinajstić information content (AvgIpc) is 3.49. The number of carbonyl (C=O) groups excluding carboxylic acids is 1. The Morgan fingerprint density at radius 2 is 1.67 bits per heavy atom. The van der Waals surface area contributed by atoms with Gasteiger partial charge in [0.25, 0.3) is 5.92 Å². The van der Waals surface area contributed by atoms with Crippen molar-refractivity contribution in [3.63, 3.8) is 0 Å². The maximum atomic E-state index is 14.3. The third-order valence-electron chi connectivity index (χ3n) is 6.58. The fourth-order valence-electron chi connectivity index (χ4n) is 4.52. The van der Waals surface area contributed by atoms with E-state index in [0.29, 0.717) is 33.8 Å². The van der Waals surface area contributed by atoms with Crippen molar-refractivity contribution >= 4 is 5.78 Å². The van der Waals surface area contributed by atoms with Gasteiger partial charge in [0.1, 0.15) is 5.78 Å². The van der Waals surface area contributed by atoms with Crippen LogP contribution in [-0.2, 0) is 29.2 Å². The maximum Gasteiger partial charge on any atom is 0.271 e. The van der Waals surface area contributed by atoms with Gasteiger partial charge in [-0.3, -0.25) is 4.79 Å². The lowest BCUT2D eigenvalue weighted by atomic mass is 9.86. The van der Waals surface area contributed by atoms with E-state index in [1.54, 1.807) is 36.4 Å². The Morgan fingerprint density at radius 1 is 0.970 bits per heavy atom. The van der Waals surface area contributed by atoms with Crippen LogP contribution >= 0.6 is 0 Å². The number of aliphatic hydroxyl groups is 1. The summed E-state index contributed by atoms with van der Waals surface area (Å²) >= 11 is 0. The number of rotatable bonds is 7. The number of carbonyl (C=O) groups is 1. The number of ketones is 1. The number of aliphatic hydroxyl groups excluding tert-OH is 1. The molecule has 0 atom stereocenters. The molecule has 1 aliphatic carbocycles. The molecule has 0 saturated heterocycles. The van der Waals surface area contributed by atoms with E-state index in [2.05, 4.69) is 0 Å². The minimum absolute atomic E-state index is 0.0685. The molecular weight excluding hydrogens is 426 g/mol. The molecule has 1 heterocycles. The van der Waals surface area contributed by atoms with Gasteiger partial charge in [0.05, 0.1) is 12.0 Å². The standard InChI is InChI=1S/C27H24F2O4/c1-26(28,29)22-8-4-18(12-21(22)19-5-2-17(15-30)3-6-19)13-25(31)27(10-11-27)20-7-9-23-24(14-20)33-16-32-23/h2-9,12,14,30H,10-11,13,15-16H2,1H3. The average molecular weight is 450 g/mol. The molecule has 170 valence electrons. The second kappa shape index (κ2) is 7.96. The molecule has 1 N–H and O–H groups in total. The normalized spacial score (nSPS) is 16.0. The number of hydrogen-bond donors (Lipinski definition) is 1. The number of fused-ring (bicyclic) bond motifs is 1. The minimum Gasteiger partial charge on any atom is -0.454 e. The van der Waals surface area contributed by atoms with Crippen molar-refractivity contribution in [2.75, 3.05) is 6.79 Å². The zero-order chi connectivity index (χ0) is 23.2. The van der Waals surface area contributed by atoms with E-state index in [9.17, 15) is 18.7 Å². The van der Waals surface area contributed by atoms with E-state index in [1.807, 2.05) is 18.2 Å². The molecule has 5 rings (SSSR count). The zero-order valence-electron chi connectivity index (χ0n) is 18.2. The summed E-state index contributed by atoms with van der Waals surface area (Å²) < 4.78 is 39.5. The van der Waals surface area contributed by atoms with Crippen LogP contribution in [-0.4, -0.2) is 17.7 Å². The minimum atomic E-state index is -3.03. The predicted molar refractivity (Wildman–Crippen MR) is 120 cm³/mol. The van der Waals surface area contributed by atoms with Gasteiger partial charge in [-0.1, -0.05) is 48.5 Å². The molecule has 3 aromatic carbocycles. The Kier molecular flexibility index (Phi) is 5.20. The van der Waals surface area contributed by atoms with Crippen molar-refractivity contribution in [3.8, 4) is 22.6 Å². The molecule has 0 bridgehead atoms. The lowest BCUT2D eigenvalue weighted by Gasteiger charge is -2.19. The van der Waals surface area contributed by atoms with E-state index in [-0.39, 0.29) is 31.2 Å². The van der Waals surface area contributed by atoms with Crippen LogP contribution in [0.15, 0.2) is 60.7 Å². The molecule has 4 nitrogen and oxygen atoms in total. The van der Waals surface area contributed by atoms with Gasteiger partial charge in [0, 0.05) is 18.9 Å². The van der Waals surface area contributed by atoms with Gasteiger partial charge in [-0.2, -0.15) is 0 Å². The number of alkyl halides is 2. The first-order valence-corrected chi connectivity index (χ1v) is 10.9. The summed E-state index contributed by atoms with van der Waals surface area (Å²) in [5.41, 5.74) is 2.67. The maximum absolute atomic E-state index is 14.3. The number of halogens is 2. The van der Waals surface area contributed by atoms with Gasteiger partial charge in [-0.05, 0) is 52.8 Å². The van der Waals surface area contributed by atoms with Gasteiger partial charge < -0.3 is 14.6 Å². The summed E-state index contributed by atoms with van der Waals surface area (Å²) in [6.45, 7) is 0.932. The molecule has 0 aromatic heterocycles. The molecule has 33 heavy (non-hydrogen) atoms. The SMILES string of the molecule is CC(F)(F)c1ccc(CC(=O)C2(c3ccc4c(c3)OCO4)CC2)cc1-c1ccc(CO)cc1. The van der Waals surface area contributed by atoms with Gasteiger partial charge in [0.2, 0.25) is 6.79 Å². The highest BCUT2D eigenvalue weighted by Gasteiger charge is 2.50. The Hall–Kier alpha value is -3.25. The molecule has 1 fully saturated rings. The van der Waals surface area contributed by atoms with Crippen LogP contribution in [0.1, 0.15) is 42.0 Å². The van der Waals surface area contributed by atoms with Crippen LogP contribution < -0.4 is 9.47 Å². The first-order chi connectivity index (χ1) is 15.8. The quantitative estimate of drug-likeness (QED) is 0.514. The van der Waals surface area contributed by atoms with E-state index in [4.69, 9.17) is 9.47 Å². The number of hydrogen-bond acceptors (Lipinski definition) is 4. The molecule has 0 radical (unpaired) electrons. The van der Waals surface area contributed by atoms with Crippen molar-refractivity contribution in [3.05, 3.63) is 82.9 Å². The molecule has 0 unspecified atom stereocenters. The molecule has 2 aliphatic rings. The first-order valence-electron chi connectivity index (χ1n) is 10.9. The smallest absolute Gasteiger partial charge is 0.271 e. The second-order valence-electron chi connectivity index (χ2n) is 8.87.